The number of ether oxygens (including phenoxy) is 1. The largest absolute Gasteiger partial charge is 0.376 e. The molecule has 0 aliphatic carbocycles. The molecule has 2 aromatic rings. The van der Waals surface area contributed by atoms with Crippen LogP contribution < -0.4 is 5.73 Å². The molecular formula is C12H13N3O2. The quantitative estimate of drug-likeness (QED) is 0.854. The first kappa shape index (κ1) is 10.3. The Morgan fingerprint density at radius 3 is 3.06 bits per heavy atom. The van der Waals surface area contributed by atoms with Crippen molar-refractivity contribution in [2.24, 2.45) is 5.73 Å². The van der Waals surface area contributed by atoms with E-state index in [0.717, 1.165) is 30.6 Å². The van der Waals surface area contributed by atoms with Gasteiger partial charge in [0.05, 0.1) is 30.0 Å². The van der Waals surface area contributed by atoms with Crippen LogP contribution in [0.2, 0.25) is 0 Å². The second kappa shape index (κ2) is 3.85. The van der Waals surface area contributed by atoms with Crippen molar-refractivity contribution in [3.63, 3.8) is 0 Å². The summed E-state index contributed by atoms with van der Waals surface area (Å²) in [5, 5.41) is 0. The minimum Gasteiger partial charge on any atom is -0.376 e. The first-order valence-electron chi connectivity index (χ1n) is 5.60. The number of carbonyl (C=O) groups is 1. The minimum atomic E-state index is -0.417. The number of carbonyl (C=O) groups excluding carboxylic acids is 1. The van der Waals surface area contributed by atoms with Crippen molar-refractivity contribution in [3.8, 4) is 0 Å². The predicted molar refractivity (Wildman–Crippen MR) is 62.6 cm³/mol. The summed E-state index contributed by atoms with van der Waals surface area (Å²) in [7, 11) is 0. The van der Waals surface area contributed by atoms with Crippen LogP contribution in [0.25, 0.3) is 11.0 Å². The van der Waals surface area contributed by atoms with Gasteiger partial charge >= 0.3 is 0 Å². The molecule has 1 fully saturated rings. The van der Waals surface area contributed by atoms with E-state index < -0.39 is 5.91 Å². The van der Waals surface area contributed by atoms with Crippen LogP contribution in [0.15, 0.2) is 24.5 Å². The van der Waals surface area contributed by atoms with Crippen LogP contribution in [0.4, 0.5) is 0 Å². The summed E-state index contributed by atoms with van der Waals surface area (Å²) in [5.41, 5.74) is 7.57. The number of hydrogen-bond acceptors (Lipinski definition) is 3. The lowest BCUT2D eigenvalue weighted by atomic mass is 10.1. The number of benzene rings is 1. The molecule has 5 heteroatoms. The summed E-state index contributed by atoms with van der Waals surface area (Å²) >= 11 is 0. The van der Waals surface area contributed by atoms with Crippen LogP contribution in [-0.2, 0) is 11.3 Å². The zero-order chi connectivity index (χ0) is 11.8. The number of rotatable bonds is 3. The van der Waals surface area contributed by atoms with Gasteiger partial charge in [0.25, 0.3) is 0 Å². The number of nitrogens with two attached hydrogens (primary N) is 1. The molecule has 88 valence electrons. The standard InChI is InChI=1S/C12H13N3O2/c13-12(16)8-1-2-10-11(5-8)15(7-14-10)6-9-3-4-17-9/h1-2,5,7,9H,3-4,6H2,(H2,13,16)/t9-/m0/s1. The first-order valence-corrected chi connectivity index (χ1v) is 5.60. The van der Waals surface area contributed by atoms with Gasteiger partial charge in [-0.1, -0.05) is 0 Å². The van der Waals surface area contributed by atoms with Crippen molar-refractivity contribution in [2.45, 2.75) is 19.1 Å². The Morgan fingerprint density at radius 2 is 2.41 bits per heavy atom. The second-order valence-electron chi connectivity index (χ2n) is 4.25. The fourth-order valence-electron chi connectivity index (χ4n) is 2.00. The second-order valence-corrected chi connectivity index (χ2v) is 4.25. The number of imidazole rings is 1. The summed E-state index contributed by atoms with van der Waals surface area (Å²) < 4.78 is 7.40. The van der Waals surface area contributed by atoms with E-state index in [4.69, 9.17) is 10.5 Å². The number of hydrogen-bond donors (Lipinski definition) is 1. The van der Waals surface area contributed by atoms with Crippen molar-refractivity contribution < 1.29 is 9.53 Å². The lowest BCUT2D eigenvalue weighted by molar-refractivity contribution is -0.0586. The zero-order valence-corrected chi connectivity index (χ0v) is 9.30. The van der Waals surface area contributed by atoms with Gasteiger partial charge in [-0.2, -0.15) is 0 Å². The van der Waals surface area contributed by atoms with E-state index in [2.05, 4.69) is 4.98 Å². The number of primary amides is 1. The molecule has 2 heterocycles. The van der Waals surface area contributed by atoms with Crippen LogP contribution in [0.5, 0.6) is 0 Å². The Balaban J connectivity index is 1.99. The molecule has 1 aromatic carbocycles. The van der Waals surface area contributed by atoms with E-state index in [-0.39, 0.29) is 6.10 Å². The van der Waals surface area contributed by atoms with Crippen molar-refractivity contribution in [1.29, 1.82) is 0 Å². The summed E-state index contributed by atoms with van der Waals surface area (Å²) in [5.74, 6) is -0.417. The normalized spacial score (nSPS) is 19.2. The Labute approximate surface area is 98.2 Å². The minimum absolute atomic E-state index is 0.268. The summed E-state index contributed by atoms with van der Waals surface area (Å²) in [6.45, 7) is 1.61. The molecule has 0 radical (unpaired) electrons. The summed E-state index contributed by atoms with van der Waals surface area (Å²) in [4.78, 5) is 15.4. The van der Waals surface area contributed by atoms with Gasteiger partial charge in [0, 0.05) is 12.2 Å². The summed E-state index contributed by atoms with van der Waals surface area (Å²) in [6.07, 6.45) is 3.12. The molecule has 1 aromatic heterocycles. The third kappa shape index (κ3) is 1.78. The van der Waals surface area contributed by atoms with Crippen LogP contribution in [0.1, 0.15) is 16.8 Å². The monoisotopic (exact) mass is 231 g/mol. The lowest BCUT2D eigenvalue weighted by Crippen LogP contribution is -2.30. The first-order chi connectivity index (χ1) is 8.24. The van der Waals surface area contributed by atoms with Crippen LogP contribution >= 0.6 is 0 Å². The van der Waals surface area contributed by atoms with E-state index in [9.17, 15) is 4.79 Å². The Morgan fingerprint density at radius 1 is 1.59 bits per heavy atom. The van der Waals surface area contributed by atoms with Gasteiger partial charge < -0.3 is 15.0 Å². The molecule has 1 aliphatic heterocycles. The van der Waals surface area contributed by atoms with Crippen molar-refractivity contribution in [1.82, 2.24) is 9.55 Å². The molecule has 5 nitrogen and oxygen atoms in total. The third-order valence-corrected chi connectivity index (χ3v) is 3.10. The molecule has 1 amide bonds. The highest BCUT2D eigenvalue weighted by molar-refractivity contribution is 5.96. The van der Waals surface area contributed by atoms with Gasteiger partial charge in [-0.05, 0) is 24.6 Å². The van der Waals surface area contributed by atoms with Gasteiger partial charge in [0.15, 0.2) is 0 Å². The van der Waals surface area contributed by atoms with E-state index >= 15 is 0 Å². The van der Waals surface area contributed by atoms with E-state index in [1.807, 2.05) is 10.6 Å². The molecule has 0 spiro atoms. The van der Waals surface area contributed by atoms with Crippen molar-refractivity contribution in [2.75, 3.05) is 6.61 Å². The smallest absolute Gasteiger partial charge is 0.248 e. The molecule has 1 atom stereocenters. The lowest BCUT2D eigenvalue weighted by Gasteiger charge is -2.26. The van der Waals surface area contributed by atoms with Crippen molar-refractivity contribution in [3.05, 3.63) is 30.1 Å². The topological polar surface area (TPSA) is 70.1 Å². The Bertz CT molecular complexity index is 572. The molecule has 2 N–H and O–H groups in total. The molecule has 1 aliphatic rings. The van der Waals surface area contributed by atoms with Gasteiger partial charge in [0.1, 0.15) is 0 Å². The van der Waals surface area contributed by atoms with Crippen LogP contribution in [-0.4, -0.2) is 28.2 Å². The average molecular weight is 231 g/mol. The maximum Gasteiger partial charge on any atom is 0.248 e. The van der Waals surface area contributed by atoms with E-state index in [0.29, 0.717) is 5.56 Å². The van der Waals surface area contributed by atoms with E-state index in [1.165, 1.54) is 0 Å². The van der Waals surface area contributed by atoms with Gasteiger partial charge in [-0.15, -0.1) is 0 Å². The van der Waals surface area contributed by atoms with E-state index in [1.54, 1.807) is 18.5 Å². The number of amides is 1. The SMILES string of the molecule is NC(=O)c1ccc2ncn(C[C@@H]3CCO3)c2c1. The highest BCUT2D eigenvalue weighted by Crippen LogP contribution is 2.19. The number of nitrogens with zero attached hydrogens (tertiary/aromatic N) is 2. The fourth-order valence-corrected chi connectivity index (χ4v) is 2.00. The Kier molecular flexibility index (Phi) is 2.33. The zero-order valence-electron chi connectivity index (χ0n) is 9.30. The fraction of sp³-hybridized carbons (Fsp3) is 0.333. The average Bonchev–Trinajstić information content (AvgIpc) is 2.65. The highest BCUT2D eigenvalue weighted by Gasteiger charge is 2.19. The molecule has 0 saturated carbocycles. The molecule has 17 heavy (non-hydrogen) atoms. The van der Waals surface area contributed by atoms with Gasteiger partial charge in [0.2, 0.25) is 5.91 Å². The predicted octanol–water partition coefficient (Wildman–Crippen LogP) is 0.924. The number of aromatic nitrogens is 2. The summed E-state index contributed by atoms with van der Waals surface area (Å²) in [6, 6.07) is 5.29. The highest BCUT2D eigenvalue weighted by atomic mass is 16.5. The van der Waals surface area contributed by atoms with Crippen LogP contribution in [0, 0.1) is 0 Å². The number of fused-ring (bicyclic) bond motifs is 1. The Hall–Kier alpha value is -1.88. The van der Waals surface area contributed by atoms with Gasteiger partial charge in [-0.25, -0.2) is 4.98 Å². The van der Waals surface area contributed by atoms with Gasteiger partial charge in [-0.3, -0.25) is 4.79 Å². The molecular weight excluding hydrogens is 218 g/mol. The van der Waals surface area contributed by atoms with Crippen LogP contribution in [0.3, 0.4) is 0 Å². The molecule has 0 unspecified atom stereocenters. The third-order valence-electron chi connectivity index (χ3n) is 3.10. The van der Waals surface area contributed by atoms with Crippen molar-refractivity contribution >= 4 is 16.9 Å². The molecule has 3 rings (SSSR count). The maximum atomic E-state index is 11.1. The molecule has 0 bridgehead atoms. The maximum absolute atomic E-state index is 11.1. The molecule has 1 saturated heterocycles.